The topological polar surface area (TPSA) is 84.9 Å². The van der Waals surface area contributed by atoms with E-state index >= 15 is 0 Å². The Hall–Kier alpha value is -1.97. The SMILES string of the molecule is NC(=O)Cc1c(N)[nH]c2ccccc12. The molecule has 4 nitrogen and oxygen atoms in total. The second-order valence-corrected chi connectivity index (χ2v) is 3.21. The van der Waals surface area contributed by atoms with Crippen LogP contribution in [0.25, 0.3) is 10.9 Å². The Morgan fingerprint density at radius 1 is 1.36 bits per heavy atom. The molecule has 0 aliphatic carbocycles. The van der Waals surface area contributed by atoms with Gasteiger partial charge in [-0.05, 0) is 6.07 Å². The van der Waals surface area contributed by atoms with Gasteiger partial charge in [-0.15, -0.1) is 0 Å². The molecule has 0 unspecified atom stereocenters. The lowest BCUT2D eigenvalue weighted by atomic mass is 10.1. The molecule has 2 rings (SSSR count). The van der Waals surface area contributed by atoms with Crippen LogP contribution in [0.2, 0.25) is 0 Å². The van der Waals surface area contributed by atoms with Crippen molar-refractivity contribution in [2.24, 2.45) is 5.73 Å². The number of para-hydroxylation sites is 1. The first kappa shape index (κ1) is 8.62. The van der Waals surface area contributed by atoms with Crippen LogP contribution in [0, 0.1) is 0 Å². The number of benzene rings is 1. The maximum Gasteiger partial charge on any atom is 0.222 e. The van der Waals surface area contributed by atoms with E-state index in [1.807, 2.05) is 24.3 Å². The zero-order valence-corrected chi connectivity index (χ0v) is 7.58. The largest absolute Gasteiger partial charge is 0.385 e. The van der Waals surface area contributed by atoms with Crippen molar-refractivity contribution >= 4 is 22.6 Å². The molecular formula is C10H11N3O. The molecular weight excluding hydrogens is 178 g/mol. The van der Waals surface area contributed by atoms with Gasteiger partial charge in [0.05, 0.1) is 6.42 Å². The number of nitrogen functional groups attached to an aromatic ring is 1. The number of rotatable bonds is 2. The molecule has 0 aliphatic heterocycles. The number of aromatic nitrogens is 1. The summed E-state index contributed by atoms with van der Waals surface area (Å²) < 4.78 is 0. The lowest BCUT2D eigenvalue weighted by Crippen LogP contribution is -2.14. The maximum atomic E-state index is 10.8. The Bertz CT molecular complexity index is 487. The van der Waals surface area contributed by atoms with Crippen LogP contribution in [0.15, 0.2) is 24.3 Å². The molecule has 1 heterocycles. The van der Waals surface area contributed by atoms with Gasteiger partial charge < -0.3 is 16.5 Å². The summed E-state index contributed by atoms with van der Waals surface area (Å²) in [7, 11) is 0. The fourth-order valence-electron chi connectivity index (χ4n) is 1.59. The molecule has 1 amide bonds. The van der Waals surface area contributed by atoms with Gasteiger partial charge in [0.2, 0.25) is 5.91 Å². The molecule has 1 aromatic heterocycles. The van der Waals surface area contributed by atoms with E-state index in [9.17, 15) is 4.79 Å². The maximum absolute atomic E-state index is 10.8. The molecule has 1 aromatic carbocycles. The summed E-state index contributed by atoms with van der Waals surface area (Å²) in [6, 6.07) is 7.64. The molecule has 0 radical (unpaired) electrons. The number of anilines is 1. The van der Waals surface area contributed by atoms with Gasteiger partial charge in [-0.3, -0.25) is 4.79 Å². The number of carbonyl (C=O) groups excluding carboxylic acids is 1. The van der Waals surface area contributed by atoms with Crippen LogP contribution < -0.4 is 11.5 Å². The van der Waals surface area contributed by atoms with Crippen molar-refractivity contribution in [1.29, 1.82) is 0 Å². The molecule has 0 spiro atoms. The number of fused-ring (bicyclic) bond motifs is 1. The summed E-state index contributed by atoms with van der Waals surface area (Å²) in [5, 5.41) is 0.962. The summed E-state index contributed by atoms with van der Waals surface area (Å²) in [5.41, 5.74) is 12.6. The van der Waals surface area contributed by atoms with Crippen LogP contribution in [0.5, 0.6) is 0 Å². The number of aromatic amines is 1. The van der Waals surface area contributed by atoms with Gasteiger partial charge in [0.15, 0.2) is 0 Å². The van der Waals surface area contributed by atoms with Gasteiger partial charge in [-0.2, -0.15) is 0 Å². The van der Waals surface area contributed by atoms with E-state index in [-0.39, 0.29) is 12.3 Å². The fourth-order valence-corrected chi connectivity index (χ4v) is 1.59. The van der Waals surface area contributed by atoms with Gasteiger partial charge >= 0.3 is 0 Å². The Balaban J connectivity index is 2.62. The second-order valence-electron chi connectivity index (χ2n) is 3.21. The molecule has 0 saturated heterocycles. The van der Waals surface area contributed by atoms with E-state index in [0.29, 0.717) is 5.82 Å². The Labute approximate surface area is 80.9 Å². The molecule has 0 aliphatic rings. The summed E-state index contributed by atoms with van der Waals surface area (Å²) >= 11 is 0. The van der Waals surface area contributed by atoms with E-state index in [2.05, 4.69) is 4.98 Å². The molecule has 72 valence electrons. The highest BCUT2D eigenvalue weighted by Gasteiger charge is 2.10. The van der Waals surface area contributed by atoms with Crippen molar-refractivity contribution in [1.82, 2.24) is 4.98 Å². The number of nitrogens with one attached hydrogen (secondary N) is 1. The Morgan fingerprint density at radius 3 is 2.79 bits per heavy atom. The normalized spacial score (nSPS) is 10.6. The van der Waals surface area contributed by atoms with E-state index in [1.54, 1.807) is 0 Å². The van der Waals surface area contributed by atoms with Crippen molar-refractivity contribution in [3.8, 4) is 0 Å². The molecule has 4 heteroatoms. The van der Waals surface area contributed by atoms with Gasteiger partial charge in [0.25, 0.3) is 0 Å². The molecule has 5 N–H and O–H groups in total. The van der Waals surface area contributed by atoms with Gasteiger partial charge in [-0.25, -0.2) is 0 Å². The molecule has 0 fully saturated rings. The minimum Gasteiger partial charge on any atom is -0.385 e. The Morgan fingerprint density at radius 2 is 2.07 bits per heavy atom. The predicted octanol–water partition coefficient (Wildman–Crippen LogP) is 0.778. The quantitative estimate of drug-likeness (QED) is 0.652. The van der Waals surface area contributed by atoms with Crippen LogP contribution >= 0.6 is 0 Å². The average Bonchev–Trinajstić information content (AvgIpc) is 2.43. The lowest BCUT2D eigenvalue weighted by molar-refractivity contribution is -0.117. The van der Waals surface area contributed by atoms with Crippen LogP contribution in [0.1, 0.15) is 5.56 Å². The molecule has 2 aromatic rings. The highest BCUT2D eigenvalue weighted by Crippen LogP contribution is 2.23. The molecule has 14 heavy (non-hydrogen) atoms. The van der Waals surface area contributed by atoms with Crippen LogP contribution in [-0.2, 0) is 11.2 Å². The molecule has 0 atom stereocenters. The van der Waals surface area contributed by atoms with Crippen molar-refractivity contribution in [2.75, 3.05) is 5.73 Å². The molecule has 0 saturated carbocycles. The average molecular weight is 189 g/mol. The lowest BCUT2D eigenvalue weighted by Gasteiger charge is -1.96. The Kier molecular flexibility index (Phi) is 1.89. The van der Waals surface area contributed by atoms with Crippen molar-refractivity contribution in [3.63, 3.8) is 0 Å². The smallest absolute Gasteiger partial charge is 0.222 e. The first-order valence-corrected chi connectivity index (χ1v) is 4.32. The summed E-state index contributed by atoms with van der Waals surface area (Å²) in [6.45, 7) is 0. The molecule has 0 bridgehead atoms. The van der Waals surface area contributed by atoms with Gasteiger partial charge in [-0.1, -0.05) is 18.2 Å². The van der Waals surface area contributed by atoms with Gasteiger partial charge in [0, 0.05) is 16.5 Å². The highest BCUT2D eigenvalue weighted by molar-refractivity contribution is 5.92. The number of H-pyrrole nitrogens is 1. The predicted molar refractivity (Wildman–Crippen MR) is 55.6 cm³/mol. The van der Waals surface area contributed by atoms with Crippen molar-refractivity contribution in [3.05, 3.63) is 29.8 Å². The van der Waals surface area contributed by atoms with E-state index in [1.165, 1.54) is 0 Å². The van der Waals surface area contributed by atoms with Crippen molar-refractivity contribution in [2.45, 2.75) is 6.42 Å². The summed E-state index contributed by atoms with van der Waals surface area (Å²) in [5.74, 6) is 0.145. The highest BCUT2D eigenvalue weighted by atomic mass is 16.1. The van der Waals surface area contributed by atoms with Crippen LogP contribution in [0.3, 0.4) is 0 Å². The van der Waals surface area contributed by atoms with E-state index < -0.39 is 0 Å². The number of hydrogen-bond acceptors (Lipinski definition) is 2. The minimum atomic E-state index is -0.374. The van der Waals surface area contributed by atoms with Crippen molar-refractivity contribution < 1.29 is 4.79 Å². The van der Waals surface area contributed by atoms with Crippen LogP contribution in [0.4, 0.5) is 5.82 Å². The summed E-state index contributed by atoms with van der Waals surface area (Å²) in [4.78, 5) is 13.8. The minimum absolute atomic E-state index is 0.176. The number of amides is 1. The summed E-state index contributed by atoms with van der Waals surface area (Å²) in [6.07, 6.45) is 0.176. The third-order valence-corrected chi connectivity index (χ3v) is 2.20. The number of nitrogens with two attached hydrogens (primary N) is 2. The van der Waals surface area contributed by atoms with E-state index in [4.69, 9.17) is 11.5 Å². The van der Waals surface area contributed by atoms with Gasteiger partial charge in [0.1, 0.15) is 5.82 Å². The number of carbonyl (C=O) groups is 1. The standard InChI is InChI=1S/C10H11N3O/c11-9(14)5-7-6-3-1-2-4-8(6)13-10(7)12/h1-4,13H,5,12H2,(H2,11,14). The second kappa shape index (κ2) is 3.06. The first-order chi connectivity index (χ1) is 6.68. The first-order valence-electron chi connectivity index (χ1n) is 4.32. The number of primary amides is 1. The van der Waals surface area contributed by atoms with E-state index in [0.717, 1.165) is 16.5 Å². The fraction of sp³-hybridized carbons (Fsp3) is 0.100. The third-order valence-electron chi connectivity index (χ3n) is 2.20. The third kappa shape index (κ3) is 1.31. The zero-order chi connectivity index (χ0) is 10.1. The zero-order valence-electron chi connectivity index (χ0n) is 7.58. The van der Waals surface area contributed by atoms with Crippen LogP contribution in [-0.4, -0.2) is 10.9 Å². The number of hydrogen-bond donors (Lipinski definition) is 3. The monoisotopic (exact) mass is 189 g/mol.